The second-order valence-corrected chi connectivity index (χ2v) is 5.65. The van der Waals surface area contributed by atoms with E-state index in [1.165, 1.54) is 0 Å². The average Bonchev–Trinajstić information content (AvgIpc) is 2.38. The number of carbonyl (C=O) groups is 2. The fraction of sp³-hybridized carbons (Fsp3) is 0.875. The molecule has 2 N–H and O–H groups in total. The standard InChI is InChI=1S/C15H29NO4.CH4/c1-11(2)14(17)5-7-19-9-13(16)10-20-8-6-15(18)12(3)4;/h11-13H,5-10,16H2,1-4H3;1H4. The van der Waals surface area contributed by atoms with Crippen molar-refractivity contribution in [2.75, 3.05) is 26.4 Å². The summed E-state index contributed by atoms with van der Waals surface area (Å²) >= 11 is 0. The minimum Gasteiger partial charge on any atom is -0.379 e. The Kier molecular flexibility index (Phi) is 13.8. The van der Waals surface area contributed by atoms with Crippen molar-refractivity contribution >= 4 is 11.6 Å². The van der Waals surface area contributed by atoms with Gasteiger partial charge in [0.25, 0.3) is 0 Å². The predicted octanol–water partition coefficient (Wildman–Crippen LogP) is 2.21. The molecule has 0 aliphatic heterocycles. The molecule has 0 unspecified atom stereocenters. The first-order chi connectivity index (χ1) is 9.34. The molecule has 0 bridgehead atoms. The van der Waals surface area contributed by atoms with Crippen molar-refractivity contribution in [1.29, 1.82) is 0 Å². The van der Waals surface area contributed by atoms with Crippen molar-refractivity contribution in [2.24, 2.45) is 17.6 Å². The van der Waals surface area contributed by atoms with Gasteiger partial charge in [0.15, 0.2) is 0 Å². The Hall–Kier alpha value is -0.780. The molecule has 5 nitrogen and oxygen atoms in total. The average molecular weight is 303 g/mol. The van der Waals surface area contributed by atoms with Gasteiger partial charge in [-0.2, -0.15) is 0 Å². The van der Waals surface area contributed by atoms with Crippen LogP contribution >= 0.6 is 0 Å². The molecule has 0 fully saturated rings. The fourth-order valence-corrected chi connectivity index (χ4v) is 1.44. The summed E-state index contributed by atoms with van der Waals surface area (Å²) in [7, 11) is 0. The number of carbonyl (C=O) groups excluding carboxylic acids is 2. The van der Waals surface area contributed by atoms with E-state index in [0.717, 1.165) is 0 Å². The molecule has 0 aromatic carbocycles. The lowest BCUT2D eigenvalue weighted by molar-refractivity contribution is -0.123. The Morgan fingerprint density at radius 1 is 0.857 bits per heavy atom. The van der Waals surface area contributed by atoms with E-state index in [1.54, 1.807) is 0 Å². The first kappa shape index (κ1) is 22.5. The molecule has 0 aromatic rings. The molecule has 0 atom stereocenters. The van der Waals surface area contributed by atoms with Crippen molar-refractivity contribution in [3.8, 4) is 0 Å². The van der Waals surface area contributed by atoms with E-state index in [1.807, 2.05) is 27.7 Å². The maximum absolute atomic E-state index is 11.3. The zero-order valence-electron chi connectivity index (χ0n) is 13.2. The third kappa shape index (κ3) is 12.7. The van der Waals surface area contributed by atoms with Crippen LogP contribution in [0.3, 0.4) is 0 Å². The molecule has 21 heavy (non-hydrogen) atoms. The van der Waals surface area contributed by atoms with Gasteiger partial charge in [0.1, 0.15) is 11.6 Å². The van der Waals surface area contributed by atoms with Crippen LogP contribution in [0.25, 0.3) is 0 Å². The second kappa shape index (κ2) is 12.9. The van der Waals surface area contributed by atoms with Crippen molar-refractivity contribution in [1.82, 2.24) is 0 Å². The van der Waals surface area contributed by atoms with E-state index in [-0.39, 0.29) is 36.9 Å². The third-order valence-electron chi connectivity index (χ3n) is 2.94. The number of ether oxygens (including phenoxy) is 2. The molecule has 5 heteroatoms. The third-order valence-corrected chi connectivity index (χ3v) is 2.94. The zero-order chi connectivity index (χ0) is 15.5. The lowest BCUT2D eigenvalue weighted by Crippen LogP contribution is -2.32. The van der Waals surface area contributed by atoms with Crippen LogP contribution in [0.2, 0.25) is 0 Å². The van der Waals surface area contributed by atoms with Crippen LogP contribution in [0, 0.1) is 11.8 Å². The summed E-state index contributed by atoms with van der Waals surface area (Å²) in [5, 5.41) is 0. The highest BCUT2D eigenvalue weighted by molar-refractivity contribution is 5.80. The normalized spacial score (nSPS) is 11.0. The number of ketones is 2. The number of hydrogen-bond acceptors (Lipinski definition) is 5. The summed E-state index contributed by atoms with van der Waals surface area (Å²) in [5.41, 5.74) is 5.81. The van der Waals surface area contributed by atoms with Crippen LogP contribution in [0.1, 0.15) is 48.0 Å². The molecule has 0 amide bonds. The van der Waals surface area contributed by atoms with E-state index < -0.39 is 0 Å². The van der Waals surface area contributed by atoms with Gasteiger partial charge in [0, 0.05) is 24.7 Å². The predicted molar refractivity (Wildman–Crippen MR) is 85.3 cm³/mol. The topological polar surface area (TPSA) is 78.6 Å². The monoisotopic (exact) mass is 303 g/mol. The summed E-state index contributed by atoms with van der Waals surface area (Å²) in [6.07, 6.45) is 0.849. The van der Waals surface area contributed by atoms with Gasteiger partial charge in [-0.3, -0.25) is 9.59 Å². The quantitative estimate of drug-likeness (QED) is 0.559. The summed E-state index contributed by atoms with van der Waals surface area (Å²) < 4.78 is 10.7. The molecule has 0 radical (unpaired) electrons. The van der Waals surface area contributed by atoms with E-state index in [0.29, 0.717) is 39.3 Å². The maximum Gasteiger partial charge on any atom is 0.137 e. The van der Waals surface area contributed by atoms with Gasteiger partial charge >= 0.3 is 0 Å². The van der Waals surface area contributed by atoms with Gasteiger partial charge in [0.2, 0.25) is 0 Å². The van der Waals surface area contributed by atoms with Crippen molar-refractivity contribution in [2.45, 2.75) is 54.0 Å². The first-order valence-corrected chi connectivity index (χ1v) is 7.31. The fourth-order valence-electron chi connectivity index (χ4n) is 1.44. The highest BCUT2D eigenvalue weighted by atomic mass is 16.5. The minimum atomic E-state index is -0.224. The minimum absolute atomic E-state index is 0. The van der Waals surface area contributed by atoms with Gasteiger partial charge in [-0.15, -0.1) is 0 Å². The molecule has 0 aliphatic carbocycles. The molecule has 0 saturated heterocycles. The summed E-state index contributed by atoms with van der Waals surface area (Å²) in [5.74, 6) is 0.493. The van der Waals surface area contributed by atoms with Gasteiger partial charge < -0.3 is 15.2 Å². The van der Waals surface area contributed by atoms with E-state index in [2.05, 4.69) is 0 Å². The lowest BCUT2D eigenvalue weighted by atomic mass is 10.1. The van der Waals surface area contributed by atoms with E-state index in [4.69, 9.17) is 15.2 Å². The Morgan fingerprint density at radius 3 is 1.48 bits per heavy atom. The summed E-state index contributed by atoms with van der Waals surface area (Å²) in [4.78, 5) is 22.7. The van der Waals surface area contributed by atoms with Crippen LogP contribution in [-0.4, -0.2) is 44.0 Å². The Labute approximate surface area is 129 Å². The summed E-state index contributed by atoms with van der Waals surface area (Å²) in [6.45, 7) is 9.03. The number of rotatable bonds is 12. The van der Waals surface area contributed by atoms with Crippen LogP contribution in [-0.2, 0) is 19.1 Å². The van der Waals surface area contributed by atoms with E-state index >= 15 is 0 Å². The van der Waals surface area contributed by atoms with E-state index in [9.17, 15) is 9.59 Å². The Bertz CT molecular complexity index is 262. The van der Waals surface area contributed by atoms with Crippen molar-refractivity contribution < 1.29 is 19.1 Å². The number of nitrogens with two attached hydrogens (primary N) is 1. The zero-order valence-corrected chi connectivity index (χ0v) is 13.2. The molecular formula is C16H33NO4. The van der Waals surface area contributed by atoms with Crippen LogP contribution in [0.4, 0.5) is 0 Å². The molecule has 0 aromatic heterocycles. The van der Waals surface area contributed by atoms with Gasteiger partial charge in [-0.25, -0.2) is 0 Å². The smallest absolute Gasteiger partial charge is 0.137 e. The molecule has 0 spiro atoms. The Morgan fingerprint density at radius 2 is 1.19 bits per heavy atom. The number of Topliss-reactive ketones (excluding diaryl/α,β-unsaturated/α-hetero) is 2. The molecule has 0 rings (SSSR count). The number of hydrogen-bond donors (Lipinski definition) is 1. The van der Waals surface area contributed by atoms with Crippen LogP contribution < -0.4 is 5.73 Å². The first-order valence-electron chi connectivity index (χ1n) is 7.31. The Balaban J connectivity index is 0. The highest BCUT2D eigenvalue weighted by Gasteiger charge is 2.09. The summed E-state index contributed by atoms with van der Waals surface area (Å²) in [6, 6.07) is -0.224. The maximum atomic E-state index is 11.3. The second-order valence-electron chi connectivity index (χ2n) is 5.65. The van der Waals surface area contributed by atoms with Gasteiger partial charge in [-0.05, 0) is 0 Å². The molecular weight excluding hydrogens is 270 g/mol. The van der Waals surface area contributed by atoms with Gasteiger partial charge in [-0.1, -0.05) is 35.1 Å². The highest BCUT2D eigenvalue weighted by Crippen LogP contribution is 2.00. The molecule has 126 valence electrons. The van der Waals surface area contributed by atoms with Crippen LogP contribution in [0.5, 0.6) is 0 Å². The van der Waals surface area contributed by atoms with Crippen molar-refractivity contribution in [3.63, 3.8) is 0 Å². The SMILES string of the molecule is C.CC(C)C(=O)CCOCC(N)COCCC(=O)C(C)C. The van der Waals surface area contributed by atoms with Crippen molar-refractivity contribution in [3.05, 3.63) is 0 Å². The molecule has 0 heterocycles. The van der Waals surface area contributed by atoms with Crippen LogP contribution in [0.15, 0.2) is 0 Å². The largest absolute Gasteiger partial charge is 0.379 e. The lowest BCUT2D eigenvalue weighted by Gasteiger charge is -2.13. The molecule has 0 aliphatic rings. The van der Waals surface area contributed by atoms with Gasteiger partial charge in [0.05, 0.1) is 32.5 Å². The molecule has 0 saturated carbocycles.